The molecule has 0 aromatic heterocycles. The molecule has 13 heavy (non-hydrogen) atoms. The average molecular weight is 191 g/mol. The van der Waals surface area contributed by atoms with Gasteiger partial charge in [0, 0.05) is 12.8 Å². The minimum Gasteiger partial charge on any atom is -0.293 e. The summed E-state index contributed by atoms with van der Waals surface area (Å²) in [6.45, 7) is 2.38. The normalized spacial score (nSPS) is 24.0. The van der Waals surface area contributed by atoms with E-state index in [-0.39, 0.29) is 5.92 Å². The summed E-state index contributed by atoms with van der Waals surface area (Å²) in [6.07, 6.45) is -0.567. The third-order valence-electron chi connectivity index (χ3n) is 2.13. The second-order valence-electron chi connectivity index (χ2n) is 3.11. The minimum absolute atomic E-state index is 0.0131. The van der Waals surface area contributed by atoms with E-state index in [1.807, 2.05) is 6.92 Å². The number of nitrogens with zero attached hydrogens (tertiary/aromatic N) is 1. The first-order valence-corrected chi connectivity index (χ1v) is 4.33. The summed E-state index contributed by atoms with van der Waals surface area (Å²) in [6, 6.07) is 0. The fraction of sp³-hybridized carbons (Fsp3) is 0.667. The van der Waals surface area contributed by atoms with E-state index in [0.29, 0.717) is 13.0 Å². The van der Waals surface area contributed by atoms with Crippen molar-refractivity contribution in [3.05, 3.63) is 11.6 Å². The Kier molecular flexibility index (Phi) is 3.12. The number of hydrogen-bond acceptors (Lipinski definition) is 1. The molecular formula is C9H12F3N. The molecule has 0 saturated carbocycles. The summed E-state index contributed by atoms with van der Waals surface area (Å²) in [5.41, 5.74) is -0.600. The average Bonchev–Trinajstić information content (AvgIpc) is 2.27. The van der Waals surface area contributed by atoms with Crippen LogP contribution in [0.2, 0.25) is 0 Å². The highest BCUT2D eigenvalue weighted by Crippen LogP contribution is 2.28. The quantitative estimate of drug-likeness (QED) is 0.604. The summed E-state index contributed by atoms with van der Waals surface area (Å²) < 4.78 is 36.8. The Morgan fingerprint density at radius 1 is 1.54 bits per heavy atom. The highest BCUT2D eigenvalue weighted by molar-refractivity contribution is 5.80. The van der Waals surface area contributed by atoms with Crippen LogP contribution in [0, 0.1) is 5.92 Å². The van der Waals surface area contributed by atoms with E-state index in [0.717, 1.165) is 12.6 Å². The zero-order valence-electron chi connectivity index (χ0n) is 7.43. The van der Waals surface area contributed by atoms with E-state index in [2.05, 4.69) is 4.99 Å². The lowest BCUT2D eigenvalue weighted by molar-refractivity contribution is -0.0860. The Bertz CT molecular complexity index is 228. The minimum atomic E-state index is -4.25. The van der Waals surface area contributed by atoms with Crippen molar-refractivity contribution in [2.75, 3.05) is 6.54 Å². The molecular weight excluding hydrogens is 179 g/mol. The summed E-state index contributed by atoms with van der Waals surface area (Å²) in [5.74, 6) is 0.0131. The van der Waals surface area contributed by atoms with E-state index in [1.165, 1.54) is 6.08 Å². The van der Waals surface area contributed by atoms with Gasteiger partial charge in [-0.15, -0.1) is 0 Å². The maximum absolute atomic E-state index is 12.3. The summed E-state index contributed by atoms with van der Waals surface area (Å²) in [7, 11) is 0. The fourth-order valence-corrected chi connectivity index (χ4v) is 1.27. The predicted molar refractivity (Wildman–Crippen MR) is 45.9 cm³/mol. The Balaban J connectivity index is 2.84. The second-order valence-corrected chi connectivity index (χ2v) is 3.11. The van der Waals surface area contributed by atoms with Gasteiger partial charge in [0.05, 0.1) is 5.57 Å². The van der Waals surface area contributed by atoms with Gasteiger partial charge in [-0.3, -0.25) is 4.99 Å². The molecule has 0 aromatic carbocycles. The number of aliphatic imine (C=N–C) groups is 1. The third-order valence-corrected chi connectivity index (χ3v) is 2.13. The zero-order chi connectivity index (χ0) is 9.90. The van der Waals surface area contributed by atoms with Gasteiger partial charge in [-0.25, -0.2) is 0 Å². The van der Waals surface area contributed by atoms with Gasteiger partial charge in [0.1, 0.15) is 0 Å². The van der Waals surface area contributed by atoms with E-state index >= 15 is 0 Å². The van der Waals surface area contributed by atoms with Gasteiger partial charge in [-0.1, -0.05) is 13.0 Å². The van der Waals surface area contributed by atoms with Gasteiger partial charge < -0.3 is 0 Å². The van der Waals surface area contributed by atoms with Crippen LogP contribution in [-0.2, 0) is 0 Å². The lowest BCUT2D eigenvalue weighted by Crippen LogP contribution is -2.13. The largest absolute Gasteiger partial charge is 0.417 e. The van der Waals surface area contributed by atoms with E-state index < -0.39 is 11.7 Å². The van der Waals surface area contributed by atoms with Crippen molar-refractivity contribution in [2.45, 2.75) is 25.9 Å². The molecule has 74 valence electrons. The first kappa shape index (κ1) is 10.3. The molecule has 4 heteroatoms. The van der Waals surface area contributed by atoms with Crippen LogP contribution in [0.5, 0.6) is 0 Å². The molecule has 0 spiro atoms. The van der Waals surface area contributed by atoms with Crippen LogP contribution in [0.25, 0.3) is 0 Å². The maximum atomic E-state index is 12.3. The van der Waals surface area contributed by atoms with Crippen molar-refractivity contribution in [1.82, 2.24) is 0 Å². The summed E-state index contributed by atoms with van der Waals surface area (Å²) in [4.78, 5) is 3.70. The van der Waals surface area contributed by atoms with Crippen molar-refractivity contribution in [3.8, 4) is 0 Å². The van der Waals surface area contributed by atoms with Crippen LogP contribution in [0.3, 0.4) is 0 Å². The van der Waals surface area contributed by atoms with Crippen LogP contribution in [0.15, 0.2) is 16.6 Å². The van der Waals surface area contributed by atoms with Gasteiger partial charge in [0.15, 0.2) is 0 Å². The Morgan fingerprint density at radius 3 is 2.77 bits per heavy atom. The standard InChI is InChI=1S/C9H12F3N/c1-2-7-3-4-13-6-8(5-7)9(10,11)12/h5-7H,2-4H2,1H3. The molecule has 0 aliphatic carbocycles. The molecule has 0 bridgehead atoms. The molecule has 1 rings (SSSR count). The van der Waals surface area contributed by atoms with Gasteiger partial charge >= 0.3 is 6.18 Å². The van der Waals surface area contributed by atoms with Crippen molar-refractivity contribution in [3.63, 3.8) is 0 Å². The molecule has 1 heterocycles. The van der Waals surface area contributed by atoms with Gasteiger partial charge in [0.2, 0.25) is 0 Å². The smallest absolute Gasteiger partial charge is 0.293 e. The van der Waals surface area contributed by atoms with E-state index in [9.17, 15) is 13.2 Å². The molecule has 1 nitrogen and oxygen atoms in total. The highest BCUT2D eigenvalue weighted by Gasteiger charge is 2.33. The van der Waals surface area contributed by atoms with Crippen molar-refractivity contribution in [2.24, 2.45) is 10.9 Å². The van der Waals surface area contributed by atoms with Crippen LogP contribution >= 0.6 is 0 Å². The number of rotatable bonds is 1. The Hall–Kier alpha value is -0.800. The van der Waals surface area contributed by atoms with Gasteiger partial charge in [0.25, 0.3) is 0 Å². The monoisotopic (exact) mass is 191 g/mol. The summed E-state index contributed by atoms with van der Waals surface area (Å²) in [5, 5.41) is 0. The summed E-state index contributed by atoms with van der Waals surface area (Å²) >= 11 is 0. The van der Waals surface area contributed by atoms with E-state index in [4.69, 9.17) is 0 Å². The van der Waals surface area contributed by atoms with Crippen LogP contribution in [0.1, 0.15) is 19.8 Å². The number of hydrogen-bond donors (Lipinski definition) is 0. The fourth-order valence-electron chi connectivity index (χ4n) is 1.27. The number of halogens is 3. The van der Waals surface area contributed by atoms with Gasteiger partial charge in [-0.05, 0) is 18.8 Å². The van der Waals surface area contributed by atoms with Crippen LogP contribution < -0.4 is 0 Å². The van der Waals surface area contributed by atoms with Gasteiger partial charge in [-0.2, -0.15) is 13.2 Å². The Morgan fingerprint density at radius 2 is 2.23 bits per heavy atom. The van der Waals surface area contributed by atoms with Crippen LogP contribution in [0.4, 0.5) is 13.2 Å². The molecule has 1 atom stereocenters. The van der Waals surface area contributed by atoms with Crippen LogP contribution in [-0.4, -0.2) is 18.9 Å². The lowest BCUT2D eigenvalue weighted by atomic mass is 10.0. The molecule has 0 amide bonds. The van der Waals surface area contributed by atoms with E-state index in [1.54, 1.807) is 0 Å². The first-order valence-electron chi connectivity index (χ1n) is 4.33. The predicted octanol–water partition coefficient (Wildman–Crippen LogP) is 2.98. The molecule has 0 fully saturated rings. The number of allylic oxidation sites excluding steroid dienone is 2. The third kappa shape index (κ3) is 2.86. The lowest BCUT2D eigenvalue weighted by Gasteiger charge is -2.09. The molecule has 1 aliphatic heterocycles. The molecule has 1 aliphatic rings. The topological polar surface area (TPSA) is 12.4 Å². The van der Waals surface area contributed by atoms with Crippen molar-refractivity contribution < 1.29 is 13.2 Å². The zero-order valence-corrected chi connectivity index (χ0v) is 7.43. The molecule has 0 radical (unpaired) electrons. The Labute approximate surface area is 75.4 Å². The molecule has 1 unspecified atom stereocenters. The van der Waals surface area contributed by atoms with Crippen molar-refractivity contribution in [1.29, 1.82) is 0 Å². The molecule has 0 N–H and O–H groups in total. The molecule has 0 aromatic rings. The second kappa shape index (κ2) is 3.94. The first-order chi connectivity index (χ1) is 6.04. The number of alkyl halides is 3. The molecule has 0 saturated heterocycles. The highest BCUT2D eigenvalue weighted by atomic mass is 19.4. The SMILES string of the molecule is CCC1C=C(C(F)(F)F)C=NCC1. The van der Waals surface area contributed by atoms with Crippen molar-refractivity contribution >= 4 is 6.21 Å². The maximum Gasteiger partial charge on any atom is 0.417 e.